The fraction of sp³-hybridized carbons (Fsp3) is 0.235. The zero-order valence-electron chi connectivity index (χ0n) is 14.2. The van der Waals surface area contributed by atoms with Crippen LogP contribution in [0.15, 0.2) is 47.4 Å². The molecule has 2 aromatic carbocycles. The van der Waals surface area contributed by atoms with Gasteiger partial charge in [-0.3, -0.25) is 0 Å². The maximum atomic E-state index is 12.4. The van der Waals surface area contributed by atoms with Gasteiger partial charge in [0.2, 0.25) is 0 Å². The lowest BCUT2D eigenvalue weighted by atomic mass is 10.2. The van der Waals surface area contributed by atoms with Gasteiger partial charge in [0.1, 0.15) is 17.2 Å². The first-order chi connectivity index (χ1) is 12.5. The third-order valence-corrected chi connectivity index (χ3v) is 4.32. The average Bonchev–Trinajstić information content (AvgIpc) is 2.58. The molecule has 0 aliphatic carbocycles. The van der Waals surface area contributed by atoms with Crippen LogP contribution in [0.2, 0.25) is 0 Å². The van der Waals surface area contributed by atoms with E-state index in [9.17, 15) is 26.4 Å². The number of carbonyl (C=O) groups is 1. The van der Waals surface area contributed by atoms with Gasteiger partial charge in [0, 0.05) is 12.3 Å². The molecule has 0 unspecified atom stereocenters. The summed E-state index contributed by atoms with van der Waals surface area (Å²) in [7, 11) is -2.26. The van der Waals surface area contributed by atoms with Crippen molar-refractivity contribution in [3.05, 3.63) is 48.0 Å². The summed E-state index contributed by atoms with van der Waals surface area (Å²) < 4.78 is 74.7. The van der Waals surface area contributed by atoms with Gasteiger partial charge in [-0.2, -0.15) is 13.2 Å². The molecule has 2 rings (SSSR count). The predicted molar refractivity (Wildman–Crippen MR) is 89.0 cm³/mol. The molecule has 0 aromatic heterocycles. The maximum Gasteiger partial charge on any atom is 0.422 e. The number of hydrogen-bond acceptors (Lipinski definition) is 6. The molecule has 27 heavy (non-hydrogen) atoms. The molecule has 0 aliphatic heterocycles. The van der Waals surface area contributed by atoms with Crippen molar-refractivity contribution in [2.75, 3.05) is 20.0 Å². The molecule has 0 heterocycles. The number of esters is 1. The van der Waals surface area contributed by atoms with Gasteiger partial charge in [0.15, 0.2) is 16.4 Å². The van der Waals surface area contributed by atoms with Crippen molar-refractivity contribution in [3.63, 3.8) is 0 Å². The molecule has 0 spiro atoms. The number of carbonyl (C=O) groups excluding carboxylic acids is 1. The Morgan fingerprint density at radius 3 is 2.11 bits per heavy atom. The van der Waals surface area contributed by atoms with Crippen molar-refractivity contribution in [3.8, 4) is 17.2 Å². The third kappa shape index (κ3) is 6.17. The number of methoxy groups -OCH3 is 1. The molecular weight excluding hydrogens is 389 g/mol. The van der Waals surface area contributed by atoms with Crippen LogP contribution >= 0.6 is 0 Å². The van der Waals surface area contributed by atoms with E-state index in [2.05, 4.69) is 9.47 Å². The van der Waals surface area contributed by atoms with E-state index in [1.165, 1.54) is 36.4 Å². The molecule has 0 atom stereocenters. The first-order valence-electron chi connectivity index (χ1n) is 7.39. The minimum atomic E-state index is -4.55. The molecule has 0 N–H and O–H groups in total. The second kappa shape index (κ2) is 7.87. The molecule has 10 heteroatoms. The highest BCUT2D eigenvalue weighted by Gasteiger charge is 2.28. The van der Waals surface area contributed by atoms with Crippen LogP contribution in [0.1, 0.15) is 10.4 Å². The Morgan fingerprint density at radius 2 is 1.59 bits per heavy atom. The van der Waals surface area contributed by atoms with Crippen LogP contribution in [0.4, 0.5) is 13.2 Å². The molecule has 0 aliphatic rings. The lowest BCUT2D eigenvalue weighted by Gasteiger charge is -2.13. The smallest absolute Gasteiger partial charge is 0.422 e. The zero-order valence-corrected chi connectivity index (χ0v) is 15.1. The fourth-order valence-corrected chi connectivity index (χ4v) is 2.64. The molecule has 2 aromatic rings. The Bertz CT molecular complexity index is 921. The molecule has 0 fully saturated rings. The van der Waals surface area contributed by atoms with Crippen LogP contribution in [0, 0.1) is 0 Å². The highest BCUT2D eigenvalue weighted by atomic mass is 32.2. The molecule has 0 bridgehead atoms. The van der Waals surface area contributed by atoms with Gasteiger partial charge in [-0.15, -0.1) is 0 Å². The quantitative estimate of drug-likeness (QED) is 0.685. The van der Waals surface area contributed by atoms with Crippen molar-refractivity contribution in [1.82, 2.24) is 0 Å². The van der Waals surface area contributed by atoms with E-state index in [-0.39, 0.29) is 27.7 Å². The van der Waals surface area contributed by atoms with Crippen LogP contribution in [0.5, 0.6) is 17.2 Å². The summed E-state index contributed by atoms with van der Waals surface area (Å²) in [4.78, 5) is 11.8. The highest BCUT2D eigenvalue weighted by Crippen LogP contribution is 2.29. The number of hydrogen-bond donors (Lipinski definition) is 0. The van der Waals surface area contributed by atoms with Gasteiger partial charge in [-0.25, -0.2) is 13.2 Å². The summed E-state index contributed by atoms with van der Waals surface area (Å²) in [6, 6.07) is 8.90. The Kier molecular flexibility index (Phi) is 5.99. The second-order valence-corrected chi connectivity index (χ2v) is 7.45. The van der Waals surface area contributed by atoms with E-state index >= 15 is 0 Å². The summed E-state index contributed by atoms with van der Waals surface area (Å²) in [5.41, 5.74) is -0.0695. The number of rotatable bonds is 6. The molecular formula is C17H15F3O6S. The van der Waals surface area contributed by atoms with Gasteiger partial charge in [0.25, 0.3) is 0 Å². The van der Waals surface area contributed by atoms with Gasteiger partial charge in [-0.1, -0.05) is 0 Å². The van der Waals surface area contributed by atoms with E-state index in [1.54, 1.807) is 0 Å². The van der Waals surface area contributed by atoms with Crippen LogP contribution in [-0.2, 0) is 14.6 Å². The summed E-state index contributed by atoms with van der Waals surface area (Å²) >= 11 is 0. The average molecular weight is 404 g/mol. The number of benzene rings is 2. The first-order valence-corrected chi connectivity index (χ1v) is 9.28. The summed E-state index contributed by atoms with van der Waals surface area (Å²) in [5.74, 6) is -0.795. The van der Waals surface area contributed by atoms with Crippen LogP contribution < -0.4 is 9.47 Å². The molecule has 0 radical (unpaired) electrons. The van der Waals surface area contributed by atoms with E-state index in [1.807, 2.05) is 0 Å². The number of sulfone groups is 1. The third-order valence-electron chi connectivity index (χ3n) is 3.19. The highest BCUT2D eigenvalue weighted by molar-refractivity contribution is 7.90. The Hall–Kier alpha value is -2.75. The van der Waals surface area contributed by atoms with Gasteiger partial charge in [-0.05, 0) is 36.4 Å². The van der Waals surface area contributed by atoms with Gasteiger partial charge < -0.3 is 14.2 Å². The summed E-state index contributed by atoms with van der Waals surface area (Å²) in [6.07, 6.45) is -3.50. The second-order valence-electron chi connectivity index (χ2n) is 5.43. The lowest BCUT2D eigenvalue weighted by molar-refractivity contribution is -0.153. The maximum absolute atomic E-state index is 12.4. The van der Waals surface area contributed by atoms with E-state index in [0.29, 0.717) is 0 Å². The molecule has 0 saturated heterocycles. The fourth-order valence-electron chi connectivity index (χ4n) is 2.01. The van der Waals surface area contributed by atoms with Crippen molar-refractivity contribution < 1.29 is 40.6 Å². The monoisotopic (exact) mass is 404 g/mol. The number of ether oxygens (including phenoxy) is 3. The van der Waals surface area contributed by atoms with E-state index in [0.717, 1.165) is 19.4 Å². The minimum absolute atomic E-state index is 0.0159. The minimum Gasteiger partial charge on any atom is -0.484 e. The normalized spacial score (nSPS) is 11.7. The Labute approximate surface area is 153 Å². The Balaban J connectivity index is 2.30. The SMILES string of the molecule is COC(=O)c1cc(OCC(F)(F)F)cc(Oc2ccc(S(C)(=O)=O)cc2)c1. The van der Waals surface area contributed by atoms with E-state index < -0.39 is 28.6 Å². The van der Waals surface area contributed by atoms with Crippen molar-refractivity contribution in [2.24, 2.45) is 0 Å². The lowest BCUT2D eigenvalue weighted by Crippen LogP contribution is -2.19. The van der Waals surface area contributed by atoms with Crippen LogP contribution in [-0.4, -0.2) is 40.5 Å². The zero-order chi connectivity index (χ0) is 20.2. The first kappa shape index (κ1) is 20.6. The molecule has 0 amide bonds. The van der Waals surface area contributed by atoms with E-state index in [4.69, 9.17) is 4.74 Å². The number of alkyl halides is 3. The van der Waals surface area contributed by atoms with Gasteiger partial charge in [0.05, 0.1) is 17.6 Å². The standard InChI is InChI=1S/C17H15F3O6S/c1-24-16(21)11-7-13(25-10-17(18,19)20)9-14(8-11)26-12-3-5-15(6-4-12)27(2,22)23/h3-9H,10H2,1-2H3. The largest absolute Gasteiger partial charge is 0.484 e. The molecule has 146 valence electrons. The summed E-state index contributed by atoms with van der Waals surface area (Å²) in [6.45, 7) is -1.54. The molecule has 6 nitrogen and oxygen atoms in total. The Morgan fingerprint density at radius 1 is 1.00 bits per heavy atom. The van der Waals surface area contributed by atoms with Crippen molar-refractivity contribution in [1.29, 1.82) is 0 Å². The van der Waals surface area contributed by atoms with Crippen molar-refractivity contribution in [2.45, 2.75) is 11.1 Å². The molecule has 0 saturated carbocycles. The summed E-state index contributed by atoms with van der Waals surface area (Å²) in [5, 5.41) is 0. The predicted octanol–water partition coefficient (Wildman–Crippen LogP) is 3.61. The van der Waals surface area contributed by atoms with Crippen molar-refractivity contribution >= 4 is 15.8 Å². The van der Waals surface area contributed by atoms with Gasteiger partial charge >= 0.3 is 12.1 Å². The van der Waals surface area contributed by atoms with Crippen LogP contribution in [0.3, 0.4) is 0 Å². The number of halogens is 3. The topological polar surface area (TPSA) is 78.9 Å². The van der Waals surface area contributed by atoms with Crippen LogP contribution in [0.25, 0.3) is 0 Å².